The Morgan fingerprint density at radius 1 is 1.33 bits per heavy atom. The van der Waals surface area contributed by atoms with Crippen molar-refractivity contribution >= 4 is 6.21 Å². The third-order valence-corrected chi connectivity index (χ3v) is 1.67. The molecule has 0 N–H and O–H groups in total. The minimum absolute atomic E-state index is 0.416. The Balaban J connectivity index is 2.40. The first-order valence-electron chi connectivity index (χ1n) is 4.52. The van der Waals surface area contributed by atoms with E-state index in [2.05, 4.69) is 17.3 Å². The minimum Gasteiger partial charge on any atom is -0.497 e. The highest BCUT2D eigenvalue weighted by Crippen LogP contribution is 2.09. The molecule has 0 spiro atoms. The summed E-state index contributed by atoms with van der Waals surface area (Å²) in [6, 6.07) is 7.35. The van der Waals surface area contributed by atoms with E-state index in [0.29, 0.717) is 13.0 Å². The predicted octanol–water partition coefficient (Wildman–Crippen LogP) is 1.95. The van der Waals surface area contributed by atoms with Gasteiger partial charge in [-0.05, 0) is 24.3 Å². The maximum Gasteiger partial charge on any atom is 0.139 e. The fourth-order valence-electron chi connectivity index (χ4n) is 0.901. The van der Waals surface area contributed by atoms with Gasteiger partial charge < -0.3 is 9.57 Å². The number of rotatable bonds is 5. The van der Waals surface area contributed by atoms with Crippen molar-refractivity contribution in [3.63, 3.8) is 0 Å². The van der Waals surface area contributed by atoms with Gasteiger partial charge in [0, 0.05) is 12.0 Å². The van der Waals surface area contributed by atoms with Crippen LogP contribution in [-0.4, -0.2) is 19.9 Å². The largest absolute Gasteiger partial charge is 0.497 e. The minimum atomic E-state index is 0.416. The number of nitrogens with zero attached hydrogens (tertiary/aromatic N) is 1. The lowest BCUT2D eigenvalue weighted by molar-refractivity contribution is 0.152. The molecule has 0 aliphatic heterocycles. The van der Waals surface area contributed by atoms with E-state index < -0.39 is 0 Å². The van der Waals surface area contributed by atoms with E-state index in [0.717, 1.165) is 11.3 Å². The summed E-state index contributed by atoms with van der Waals surface area (Å²) in [5.74, 6) is 3.25. The van der Waals surface area contributed by atoms with Crippen molar-refractivity contribution in [1.29, 1.82) is 0 Å². The number of terminal acetylenes is 1. The summed E-state index contributed by atoms with van der Waals surface area (Å²) in [7, 11) is 1.62. The second kappa shape index (κ2) is 6.50. The molecule has 15 heavy (non-hydrogen) atoms. The van der Waals surface area contributed by atoms with Gasteiger partial charge in [0.15, 0.2) is 0 Å². The summed E-state index contributed by atoms with van der Waals surface area (Å²) in [4.78, 5) is 4.87. The molecule has 0 aliphatic carbocycles. The smallest absolute Gasteiger partial charge is 0.139 e. The highest BCUT2D eigenvalue weighted by molar-refractivity contribution is 5.79. The van der Waals surface area contributed by atoms with Gasteiger partial charge in [-0.2, -0.15) is 0 Å². The summed E-state index contributed by atoms with van der Waals surface area (Å²) in [5.41, 5.74) is 0.830. The van der Waals surface area contributed by atoms with Crippen LogP contribution >= 0.6 is 0 Å². The van der Waals surface area contributed by atoms with Crippen molar-refractivity contribution in [2.75, 3.05) is 13.7 Å². The Hall–Kier alpha value is -1.95. The van der Waals surface area contributed by atoms with Crippen molar-refractivity contribution < 1.29 is 9.57 Å². The maximum absolute atomic E-state index is 5.05. The quantitative estimate of drug-likeness (QED) is 0.316. The second-order valence-corrected chi connectivity index (χ2v) is 2.72. The Labute approximate surface area is 89.7 Å². The molecule has 0 saturated heterocycles. The van der Waals surface area contributed by atoms with Gasteiger partial charge in [-0.3, -0.25) is 0 Å². The zero-order valence-corrected chi connectivity index (χ0v) is 8.56. The van der Waals surface area contributed by atoms with Crippen LogP contribution in [0.2, 0.25) is 0 Å². The predicted molar refractivity (Wildman–Crippen MR) is 58.9 cm³/mol. The SMILES string of the molecule is C#CCCON=[C]c1ccc(OC)cc1. The molecule has 1 rings (SSSR count). The normalized spacial score (nSPS) is 9.87. The van der Waals surface area contributed by atoms with Crippen LogP contribution in [0.4, 0.5) is 0 Å². The maximum atomic E-state index is 5.05. The first kappa shape index (κ1) is 11.1. The summed E-state index contributed by atoms with van der Waals surface area (Å²) >= 11 is 0. The van der Waals surface area contributed by atoms with Gasteiger partial charge >= 0.3 is 0 Å². The van der Waals surface area contributed by atoms with E-state index >= 15 is 0 Å². The van der Waals surface area contributed by atoms with Gasteiger partial charge in [-0.1, -0.05) is 5.16 Å². The molecule has 0 bridgehead atoms. The zero-order chi connectivity index (χ0) is 10.9. The number of benzene rings is 1. The molecule has 0 aromatic heterocycles. The monoisotopic (exact) mass is 202 g/mol. The van der Waals surface area contributed by atoms with E-state index in [4.69, 9.17) is 16.0 Å². The topological polar surface area (TPSA) is 30.8 Å². The first-order valence-corrected chi connectivity index (χ1v) is 4.52. The molecule has 3 nitrogen and oxygen atoms in total. The highest BCUT2D eigenvalue weighted by Gasteiger charge is 1.91. The number of methoxy groups -OCH3 is 1. The molecule has 77 valence electrons. The van der Waals surface area contributed by atoms with Gasteiger partial charge in [0.05, 0.1) is 7.11 Å². The van der Waals surface area contributed by atoms with E-state index in [1.54, 1.807) is 7.11 Å². The zero-order valence-electron chi connectivity index (χ0n) is 8.56. The van der Waals surface area contributed by atoms with Crippen LogP contribution in [0.25, 0.3) is 0 Å². The molecule has 0 fully saturated rings. The summed E-state index contributed by atoms with van der Waals surface area (Å²) in [5, 5.41) is 3.65. The molecule has 0 atom stereocenters. The van der Waals surface area contributed by atoms with Gasteiger partial charge in [-0.25, -0.2) is 0 Å². The number of hydrogen-bond acceptors (Lipinski definition) is 3. The van der Waals surface area contributed by atoms with Crippen molar-refractivity contribution in [1.82, 2.24) is 0 Å². The van der Waals surface area contributed by atoms with Crippen LogP contribution in [0, 0.1) is 12.3 Å². The van der Waals surface area contributed by atoms with Gasteiger partial charge in [0.1, 0.15) is 18.6 Å². The average Bonchev–Trinajstić information content (AvgIpc) is 2.30. The summed E-state index contributed by atoms with van der Waals surface area (Å²) < 4.78 is 5.01. The lowest BCUT2D eigenvalue weighted by atomic mass is 10.2. The Morgan fingerprint density at radius 3 is 2.67 bits per heavy atom. The van der Waals surface area contributed by atoms with Crippen LogP contribution in [0.3, 0.4) is 0 Å². The number of ether oxygens (including phenoxy) is 1. The van der Waals surface area contributed by atoms with E-state index in [1.165, 1.54) is 0 Å². The first-order chi connectivity index (χ1) is 7.36. The Kier molecular flexibility index (Phi) is 4.82. The van der Waals surface area contributed by atoms with Crippen molar-refractivity contribution in [2.24, 2.45) is 5.16 Å². The molecule has 0 saturated carbocycles. The van der Waals surface area contributed by atoms with E-state index in [-0.39, 0.29) is 0 Å². The molecule has 0 aliphatic rings. The van der Waals surface area contributed by atoms with Crippen LogP contribution in [0.15, 0.2) is 29.4 Å². The highest BCUT2D eigenvalue weighted by atomic mass is 16.6. The molecular formula is C12H12NO2. The molecular weight excluding hydrogens is 190 g/mol. The van der Waals surface area contributed by atoms with Gasteiger partial charge in [-0.15, -0.1) is 12.3 Å². The third-order valence-electron chi connectivity index (χ3n) is 1.67. The van der Waals surface area contributed by atoms with Crippen molar-refractivity contribution in [3.8, 4) is 18.1 Å². The van der Waals surface area contributed by atoms with Crippen LogP contribution in [0.5, 0.6) is 5.75 Å². The molecule has 0 amide bonds. The lowest BCUT2D eigenvalue weighted by Gasteiger charge is -1.98. The second-order valence-electron chi connectivity index (χ2n) is 2.72. The standard InChI is InChI=1S/C12H12NO2/c1-3-4-9-15-13-10-11-5-7-12(14-2)8-6-11/h1,5-8H,4,9H2,2H3. The molecule has 1 aromatic carbocycles. The Bertz CT molecular complexity index is 349. The van der Waals surface area contributed by atoms with Crippen LogP contribution in [0.1, 0.15) is 12.0 Å². The molecule has 1 radical (unpaired) electrons. The molecule has 1 aromatic rings. The summed E-state index contributed by atoms with van der Waals surface area (Å²) in [6.45, 7) is 0.416. The lowest BCUT2D eigenvalue weighted by Crippen LogP contribution is -1.88. The van der Waals surface area contributed by atoms with Crippen molar-refractivity contribution in [3.05, 3.63) is 29.8 Å². The van der Waals surface area contributed by atoms with Gasteiger partial charge in [0.2, 0.25) is 0 Å². The summed E-state index contributed by atoms with van der Waals surface area (Å²) in [6.07, 6.45) is 8.33. The molecule has 0 heterocycles. The van der Waals surface area contributed by atoms with Crippen molar-refractivity contribution in [2.45, 2.75) is 6.42 Å². The van der Waals surface area contributed by atoms with Gasteiger partial charge in [0.25, 0.3) is 0 Å². The average molecular weight is 202 g/mol. The van der Waals surface area contributed by atoms with E-state index in [1.807, 2.05) is 24.3 Å². The van der Waals surface area contributed by atoms with Crippen LogP contribution in [-0.2, 0) is 4.84 Å². The number of hydrogen-bond donors (Lipinski definition) is 0. The van der Waals surface area contributed by atoms with E-state index in [9.17, 15) is 0 Å². The third kappa shape index (κ3) is 4.19. The van der Waals surface area contributed by atoms with Crippen LogP contribution < -0.4 is 4.74 Å². The molecule has 0 unspecified atom stereocenters. The Morgan fingerprint density at radius 2 is 2.07 bits per heavy atom. The molecule has 3 heteroatoms. The fraction of sp³-hybridized carbons (Fsp3) is 0.250. The fourth-order valence-corrected chi connectivity index (χ4v) is 0.901.